The van der Waals surface area contributed by atoms with Crippen LogP contribution in [0.25, 0.3) is 22.2 Å². The fourth-order valence-electron chi connectivity index (χ4n) is 2.31. The molecular weight excluding hydrogens is 291 g/mol. The largest absolute Gasteiger partial charge is 0.398 e. The Balaban J connectivity index is 2.39. The lowest BCUT2D eigenvalue weighted by atomic mass is 10.0. The predicted octanol–water partition coefficient (Wildman–Crippen LogP) is 5.10. The molecule has 0 bridgehead atoms. The van der Waals surface area contributed by atoms with E-state index in [1.54, 1.807) is 12.1 Å². The summed E-state index contributed by atoms with van der Waals surface area (Å²) in [5.74, 6) is 0. The molecule has 0 aliphatic heterocycles. The van der Waals surface area contributed by atoms with Crippen LogP contribution in [0.3, 0.4) is 0 Å². The van der Waals surface area contributed by atoms with Crippen LogP contribution in [-0.2, 0) is 0 Å². The molecule has 0 radical (unpaired) electrons. The third-order valence-electron chi connectivity index (χ3n) is 3.34. The average Bonchev–Trinajstić information content (AvgIpc) is 2.43. The Labute approximate surface area is 127 Å². The van der Waals surface area contributed by atoms with Gasteiger partial charge in [0.15, 0.2) is 0 Å². The first kappa shape index (κ1) is 13.2. The number of pyridine rings is 1. The van der Waals surface area contributed by atoms with Crippen molar-refractivity contribution in [2.75, 3.05) is 5.73 Å². The summed E-state index contributed by atoms with van der Waals surface area (Å²) in [6.07, 6.45) is 0. The van der Waals surface area contributed by atoms with Gasteiger partial charge in [-0.1, -0.05) is 53.5 Å². The molecule has 3 rings (SSSR count). The summed E-state index contributed by atoms with van der Waals surface area (Å²) in [7, 11) is 0. The second kappa shape index (κ2) is 4.97. The van der Waals surface area contributed by atoms with Crippen molar-refractivity contribution in [1.82, 2.24) is 4.98 Å². The molecule has 1 heterocycles. The van der Waals surface area contributed by atoms with E-state index in [0.29, 0.717) is 21.2 Å². The molecule has 0 saturated heterocycles. The van der Waals surface area contributed by atoms with E-state index in [1.807, 2.05) is 37.3 Å². The van der Waals surface area contributed by atoms with E-state index in [-0.39, 0.29) is 0 Å². The number of nitrogens with zero attached hydrogens (tertiary/aromatic N) is 1. The van der Waals surface area contributed by atoms with Crippen LogP contribution in [0.1, 0.15) is 5.56 Å². The maximum Gasteiger partial charge on any atom is 0.0760 e. The number of rotatable bonds is 1. The Morgan fingerprint density at radius 2 is 1.75 bits per heavy atom. The molecule has 3 aromatic rings. The number of anilines is 1. The highest BCUT2D eigenvalue weighted by Gasteiger charge is 2.14. The van der Waals surface area contributed by atoms with E-state index in [0.717, 1.165) is 22.2 Å². The molecule has 0 aliphatic rings. The summed E-state index contributed by atoms with van der Waals surface area (Å²) < 4.78 is 0. The first-order valence-corrected chi connectivity index (χ1v) is 6.94. The van der Waals surface area contributed by atoms with E-state index in [1.165, 1.54) is 0 Å². The number of nitrogens with two attached hydrogens (primary N) is 1. The number of hydrogen-bond donors (Lipinski definition) is 1. The van der Waals surface area contributed by atoms with Crippen molar-refractivity contribution in [3.05, 3.63) is 58.1 Å². The van der Waals surface area contributed by atoms with Gasteiger partial charge < -0.3 is 5.73 Å². The van der Waals surface area contributed by atoms with Gasteiger partial charge in [0.05, 0.1) is 16.2 Å². The number of hydrogen-bond acceptors (Lipinski definition) is 2. The predicted molar refractivity (Wildman–Crippen MR) is 86.3 cm³/mol. The fourth-order valence-corrected chi connectivity index (χ4v) is 2.90. The quantitative estimate of drug-likeness (QED) is 0.679. The van der Waals surface area contributed by atoms with Gasteiger partial charge in [-0.05, 0) is 24.6 Å². The van der Waals surface area contributed by atoms with E-state index in [2.05, 4.69) is 4.98 Å². The third kappa shape index (κ3) is 2.11. The number of nitrogen functional groups attached to an aromatic ring is 1. The first-order valence-electron chi connectivity index (χ1n) is 6.18. The van der Waals surface area contributed by atoms with Gasteiger partial charge in [-0.25, -0.2) is 4.98 Å². The van der Waals surface area contributed by atoms with Crippen LogP contribution in [0, 0.1) is 6.92 Å². The van der Waals surface area contributed by atoms with Crippen molar-refractivity contribution >= 4 is 39.8 Å². The van der Waals surface area contributed by atoms with Gasteiger partial charge in [-0.2, -0.15) is 0 Å². The summed E-state index contributed by atoms with van der Waals surface area (Å²) in [5.41, 5.74) is 10.4. The first-order chi connectivity index (χ1) is 9.58. The van der Waals surface area contributed by atoms with Gasteiger partial charge in [0, 0.05) is 21.7 Å². The van der Waals surface area contributed by atoms with Gasteiger partial charge >= 0.3 is 0 Å². The number of aromatic nitrogens is 1. The zero-order chi connectivity index (χ0) is 14.3. The summed E-state index contributed by atoms with van der Waals surface area (Å²) in [6.45, 7) is 1.95. The Morgan fingerprint density at radius 1 is 1.05 bits per heavy atom. The van der Waals surface area contributed by atoms with E-state index < -0.39 is 0 Å². The molecule has 0 amide bonds. The lowest BCUT2D eigenvalue weighted by Crippen LogP contribution is -1.98. The maximum atomic E-state index is 6.24. The molecule has 1 aromatic heterocycles. The highest BCUT2D eigenvalue weighted by atomic mass is 35.5. The van der Waals surface area contributed by atoms with Crippen molar-refractivity contribution < 1.29 is 0 Å². The maximum absolute atomic E-state index is 6.24. The van der Waals surface area contributed by atoms with Crippen LogP contribution >= 0.6 is 23.2 Å². The lowest BCUT2D eigenvalue weighted by Gasteiger charge is -2.13. The minimum Gasteiger partial charge on any atom is -0.398 e. The summed E-state index contributed by atoms with van der Waals surface area (Å²) in [5, 5.41) is 1.84. The van der Waals surface area contributed by atoms with Gasteiger partial charge in [-0.3, -0.25) is 0 Å². The molecule has 2 aromatic carbocycles. The minimum atomic E-state index is 0.528. The zero-order valence-corrected chi connectivity index (χ0v) is 12.3. The van der Waals surface area contributed by atoms with Gasteiger partial charge in [0.2, 0.25) is 0 Å². The third-order valence-corrected chi connectivity index (χ3v) is 3.86. The molecule has 0 spiro atoms. The number of halogens is 2. The van der Waals surface area contributed by atoms with E-state index in [9.17, 15) is 0 Å². The average molecular weight is 303 g/mol. The van der Waals surface area contributed by atoms with Crippen LogP contribution in [0.5, 0.6) is 0 Å². The molecule has 100 valence electrons. The molecule has 0 saturated carbocycles. The Kier molecular flexibility index (Phi) is 3.28. The summed E-state index contributed by atoms with van der Waals surface area (Å²) >= 11 is 12.3. The van der Waals surface area contributed by atoms with Crippen molar-refractivity contribution in [3.63, 3.8) is 0 Å². The Morgan fingerprint density at radius 3 is 2.45 bits per heavy atom. The normalized spacial score (nSPS) is 10.9. The topological polar surface area (TPSA) is 38.9 Å². The standard InChI is InChI=1S/C16H12Cl2N2/c1-9-15(19)14-12(18)7-11(17)8-13(14)20-16(9)10-5-3-2-4-6-10/h2-8H,1H3,(H2,19,20). The molecule has 0 fully saturated rings. The van der Waals surface area contributed by atoms with Crippen molar-refractivity contribution in [1.29, 1.82) is 0 Å². The van der Waals surface area contributed by atoms with Gasteiger partial charge in [0.25, 0.3) is 0 Å². The number of fused-ring (bicyclic) bond motifs is 1. The van der Waals surface area contributed by atoms with Crippen LogP contribution in [-0.4, -0.2) is 4.98 Å². The van der Waals surface area contributed by atoms with E-state index in [4.69, 9.17) is 28.9 Å². The molecular formula is C16H12Cl2N2. The zero-order valence-electron chi connectivity index (χ0n) is 10.8. The monoisotopic (exact) mass is 302 g/mol. The second-order valence-corrected chi connectivity index (χ2v) is 5.49. The fraction of sp³-hybridized carbons (Fsp3) is 0.0625. The highest BCUT2D eigenvalue weighted by Crippen LogP contribution is 2.36. The second-order valence-electron chi connectivity index (χ2n) is 4.65. The van der Waals surface area contributed by atoms with E-state index >= 15 is 0 Å². The molecule has 0 aliphatic carbocycles. The minimum absolute atomic E-state index is 0.528. The summed E-state index contributed by atoms with van der Waals surface area (Å²) in [6, 6.07) is 13.4. The molecule has 0 atom stereocenters. The molecule has 0 unspecified atom stereocenters. The SMILES string of the molecule is Cc1c(-c2ccccc2)nc2cc(Cl)cc(Cl)c2c1N. The van der Waals surface area contributed by atoms with Crippen LogP contribution < -0.4 is 5.73 Å². The van der Waals surface area contributed by atoms with Crippen LogP contribution in [0.4, 0.5) is 5.69 Å². The van der Waals surface area contributed by atoms with Gasteiger partial charge in [0.1, 0.15) is 0 Å². The van der Waals surface area contributed by atoms with Crippen molar-refractivity contribution in [2.24, 2.45) is 0 Å². The smallest absolute Gasteiger partial charge is 0.0760 e. The summed E-state index contributed by atoms with van der Waals surface area (Å²) in [4.78, 5) is 4.68. The highest BCUT2D eigenvalue weighted by molar-refractivity contribution is 6.39. The molecule has 2 N–H and O–H groups in total. The van der Waals surface area contributed by atoms with Crippen LogP contribution in [0.15, 0.2) is 42.5 Å². The van der Waals surface area contributed by atoms with Crippen molar-refractivity contribution in [3.8, 4) is 11.3 Å². The number of benzene rings is 2. The molecule has 20 heavy (non-hydrogen) atoms. The van der Waals surface area contributed by atoms with Crippen LogP contribution in [0.2, 0.25) is 10.0 Å². The van der Waals surface area contributed by atoms with Gasteiger partial charge in [-0.15, -0.1) is 0 Å². The molecule has 2 nitrogen and oxygen atoms in total. The Bertz CT molecular complexity index is 799. The lowest BCUT2D eigenvalue weighted by molar-refractivity contribution is 1.33. The Hall–Kier alpha value is -1.77. The van der Waals surface area contributed by atoms with Crippen molar-refractivity contribution in [2.45, 2.75) is 6.92 Å². The molecule has 4 heteroatoms.